The van der Waals surface area contributed by atoms with E-state index in [1.54, 1.807) is 15.9 Å². The van der Waals surface area contributed by atoms with Gasteiger partial charge in [-0.3, -0.25) is 4.79 Å². The quantitative estimate of drug-likeness (QED) is 0.772. The first kappa shape index (κ1) is 19.4. The van der Waals surface area contributed by atoms with Gasteiger partial charge in [0.15, 0.2) is 11.9 Å². The number of rotatable bonds is 5. The molecule has 1 unspecified atom stereocenters. The summed E-state index contributed by atoms with van der Waals surface area (Å²) in [5.74, 6) is 1.83. The molecule has 7 nitrogen and oxygen atoms in total. The second-order valence-electron chi connectivity index (χ2n) is 7.66. The molecule has 2 aromatic rings. The highest BCUT2D eigenvalue weighted by molar-refractivity contribution is 5.91. The average Bonchev–Trinajstić information content (AvgIpc) is 3.28. The number of hydrogen-bond donors (Lipinski definition) is 0. The van der Waals surface area contributed by atoms with E-state index >= 15 is 0 Å². The maximum atomic E-state index is 12.6. The number of nitrogens with zero attached hydrogens (tertiary/aromatic N) is 2. The van der Waals surface area contributed by atoms with E-state index in [2.05, 4.69) is 0 Å². The van der Waals surface area contributed by atoms with Crippen LogP contribution in [0.4, 0.5) is 4.79 Å². The number of aryl methyl sites for hydroxylation is 2. The zero-order chi connectivity index (χ0) is 20.4. The molecule has 2 aliphatic heterocycles. The Balaban J connectivity index is 1.28. The van der Waals surface area contributed by atoms with Crippen molar-refractivity contribution in [1.82, 2.24) is 9.80 Å². The number of furan rings is 1. The van der Waals surface area contributed by atoms with Crippen molar-refractivity contribution in [2.24, 2.45) is 0 Å². The molecule has 0 aliphatic carbocycles. The van der Waals surface area contributed by atoms with E-state index < -0.39 is 0 Å². The normalized spacial score (nSPS) is 20.1. The van der Waals surface area contributed by atoms with Crippen LogP contribution >= 0.6 is 0 Å². The number of cyclic esters (lactones) is 1. The molecule has 2 fully saturated rings. The Morgan fingerprint density at radius 2 is 1.90 bits per heavy atom. The van der Waals surface area contributed by atoms with Crippen LogP contribution in [0, 0.1) is 13.8 Å². The number of para-hydroxylation sites is 1. The van der Waals surface area contributed by atoms with Crippen LogP contribution in [-0.4, -0.2) is 60.2 Å². The van der Waals surface area contributed by atoms with E-state index in [0.29, 0.717) is 32.0 Å². The Bertz CT molecular complexity index is 851. The molecule has 0 radical (unpaired) electrons. The number of benzene rings is 1. The lowest BCUT2D eigenvalue weighted by molar-refractivity contribution is 0.0626. The molecule has 7 heteroatoms. The van der Waals surface area contributed by atoms with Gasteiger partial charge in [0, 0.05) is 19.1 Å². The highest BCUT2D eigenvalue weighted by atomic mass is 16.6. The molecule has 2 saturated heterocycles. The van der Waals surface area contributed by atoms with Crippen molar-refractivity contribution < 1.29 is 23.5 Å². The largest absolute Gasteiger partial charge is 0.490 e. The lowest BCUT2D eigenvalue weighted by Gasteiger charge is -2.35. The number of carbonyl (C=O) groups is 2. The summed E-state index contributed by atoms with van der Waals surface area (Å²) in [5.41, 5.74) is 0.979. The van der Waals surface area contributed by atoms with Gasteiger partial charge in [-0.15, -0.1) is 0 Å². The highest BCUT2D eigenvalue weighted by Crippen LogP contribution is 2.25. The summed E-state index contributed by atoms with van der Waals surface area (Å²) in [4.78, 5) is 28.5. The van der Waals surface area contributed by atoms with Crippen LogP contribution in [0.25, 0.3) is 0 Å². The summed E-state index contributed by atoms with van der Waals surface area (Å²) in [7, 11) is 0. The number of hydrogen-bond acceptors (Lipinski definition) is 5. The van der Waals surface area contributed by atoms with Gasteiger partial charge in [0.05, 0.1) is 6.54 Å². The van der Waals surface area contributed by atoms with Crippen LogP contribution in [0.1, 0.15) is 34.7 Å². The van der Waals surface area contributed by atoms with E-state index in [9.17, 15) is 9.59 Å². The molecule has 0 bridgehead atoms. The lowest BCUT2D eigenvalue weighted by Crippen LogP contribution is -2.47. The number of piperidine rings is 1. The molecule has 4 rings (SSSR count). The Kier molecular flexibility index (Phi) is 5.47. The zero-order valence-electron chi connectivity index (χ0n) is 16.8. The molecule has 1 atom stereocenters. The third-order valence-electron chi connectivity index (χ3n) is 5.65. The predicted octanol–water partition coefficient (Wildman–Crippen LogP) is 3.40. The van der Waals surface area contributed by atoms with Crippen molar-refractivity contribution in [3.8, 4) is 5.75 Å². The van der Waals surface area contributed by atoms with Crippen molar-refractivity contribution in [3.05, 3.63) is 53.5 Å². The van der Waals surface area contributed by atoms with E-state index in [-0.39, 0.29) is 24.1 Å². The summed E-state index contributed by atoms with van der Waals surface area (Å²) < 4.78 is 16.8. The first-order chi connectivity index (χ1) is 14.0. The van der Waals surface area contributed by atoms with Crippen LogP contribution in [0.15, 0.2) is 40.8 Å². The molecular weight excluding hydrogens is 372 g/mol. The lowest BCUT2D eigenvalue weighted by atomic mass is 10.0. The molecule has 0 N–H and O–H groups in total. The van der Waals surface area contributed by atoms with Gasteiger partial charge in [-0.05, 0) is 50.5 Å². The standard InChI is InChI=1S/C22H26N2O5/c1-15-12-20(28-16(15)2)21(25)23-10-8-17(9-11-23)24-13-19(29-22(24)26)14-27-18-6-4-3-5-7-18/h3-7,12,17,19H,8-11,13-14H2,1-2H3. The molecule has 1 aromatic heterocycles. The van der Waals surface area contributed by atoms with Gasteiger partial charge in [0.1, 0.15) is 18.1 Å². The summed E-state index contributed by atoms with van der Waals surface area (Å²) in [5, 5.41) is 0. The van der Waals surface area contributed by atoms with Crippen molar-refractivity contribution in [1.29, 1.82) is 0 Å². The average molecular weight is 398 g/mol. The van der Waals surface area contributed by atoms with Crippen LogP contribution in [0.3, 0.4) is 0 Å². The number of ether oxygens (including phenoxy) is 2. The Morgan fingerprint density at radius 3 is 2.55 bits per heavy atom. The van der Waals surface area contributed by atoms with Gasteiger partial charge in [0.25, 0.3) is 5.91 Å². The smallest absolute Gasteiger partial charge is 0.410 e. The summed E-state index contributed by atoms with van der Waals surface area (Å²) >= 11 is 0. The maximum Gasteiger partial charge on any atom is 0.410 e. The molecule has 154 valence electrons. The molecule has 2 amide bonds. The molecule has 0 spiro atoms. The Labute approximate surface area is 170 Å². The van der Waals surface area contributed by atoms with Crippen molar-refractivity contribution in [2.75, 3.05) is 26.2 Å². The van der Waals surface area contributed by atoms with Gasteiger partial charge >= 0.3 is 6.09 Å². The summed E-state index contributed by atoms with van der Waals surface area (Å²) in [6, 6.07) is 11.4. The minimum Gasteiger partial charge on any atom is -0.490 e. The Morgan fingerprint density at radius 1 is 1.17 bits per heavy atom. The van der Waals surface area contributed by atoms with Crippen LogP contribution in [-0.2, 0) is 4.74 Å². The highest BCUT2D eigenvalue weighted by Gasteiger charge is 2.38. The second-order valence-corrected chi connectivity index (χ2v) is 7.66. The topological polar surface area (TPSA) is 72.2 Å². The van der Waals surface area contributed by atoms with E-state index in [4.69, 9.17) is 13.9 Å². The SMILES string of the molecule is Cc1cc(C(=O)N2CCC(N3CC(COc4ccccc4)OC3=O)CC2)oc1C. The van der Waals surface area contributed by atoms with Crippen LogP contribution in [0.5, 0.6) is 5.75 Å². The van der Waals surface area contributed by atoms with Crippen molar-refractivity contribution in [3.63, 3.8) is 0 Å². The minimum atomic E-state index is -0.297. The second kappa shape index (κ2) is 8.19. The summed E-state index contributed by atoms with van der Waals surface area (Å²) in [6.45, 7) is 5.82. The number of amides is 2. The third-order valence-corrected chi connectivity index (χ3v) is 5.65. The predicted molar refractivity (Wildman–Crippen MR) is 106 cm³/mol. The minimum absolute atomic E-state index is 0.0772. The molecule has 2 aliphatic rings. The van der Waals surface area contributed by atoms with Gasteiger partial charge in [-0.25, -0.2) is 4.79 Å². The maximum absolute atomic E-state index is 12.6. The zero-order valence-corrected chi connectivity index (χ0v) is 16.8. The van der Waals surface area contributed by atoms with Gasteiger partial charge in [-0.2, -0.15) is 0 Å². The first-order valence-electron chi connectivity index (χ1n) is 10.0. The van der Waals surface area contributed by atoms with E-state index in [1.165, 1.54) is 0 Å². The van der Waals surface area contributed by atoms with E-state index in [1.807, 2.05) is 44.2 Å². The van der Waals surface area contributed by atoms with Gasteiger partial charge in [0.2, 0.25) is 0 Å². The molecular formula is C22H26N2O5. The number of carbonyl (C=O) groups excluding carboxylic acids is 2. The van der Waals surface area contributed by atoms with Gasteiger partial charge in [-0.1, -0.05) is 18.2 Å². The first-order valence-corrected chi connectivity index (χ1v) is 10.0. The fourth-order valence-electron chi connectivity index (χ4n) is 3.85. The van der Waals surface area contributed by atoms with E-state index in [0.717, 1.165) is 29.9 Å². The van der Waals surface area contributed by atoms with Gasteiger partial charge < -0.3 is 23.7 Å². The van der Waals surface area contributed by atoms with Crippen molar-refractivity contribution in [2.45, 2.75) is 38.8 Å². The monoisotopic (exact) mass is 398 g/mol. The number of likely N-dealkylation sites (tertiary alicyclic amines) is 1. The fourth-order valence-corrected chi connectivity index (χ4v) is 3.85. The summed E-state index contributed by atoms with van der Waals surface area (Å²) in [6.07, 6.45) is 0.877. The Hall–Kier alpha value is -2.96. The fraction of sp³-hybridized carbons (Fsp3) is 0.455. The van der Waals surface area contributed by atoms with Crippen LogP contribution in [0.2, 0.25) is 0 Å². The molecule has 1 aromatic carbocycles. The molecule has 29 heavy (non-hydrogen) atoms. The van der Waals surface area contributed by atoms with Crippen LogP contribution < -0.4 is 4.74 Å². The third kappa shape index (κ3) is 4.23. The van der Waals surface area contributed by atoms with Crippen molar-refractivity contribution >= 4 is 12.0 Å². The molecule has 0 saturated carbocycles. The molecule has 3 heterocycles.